The lowest BCUT2D eigenvalue weighted by atomic mass is 9.94. The minimum absolute atomic E-state index is 0.0248. The summed E-state index contributed by atoms with van der Waals surface area (Å²) in [5.74, 6) is -0.0504. The highest BCUT2D eigenvalue weighted by Gasteiger charge is 2.24. The first-order valence-corrected chi connectivity index (χ1v) is 7.26. The lowest BCUT2D eigenvalue weighted by Gasteiger charge is -2.27. The second-order valence-corrected chi connectivity index (χ2v) is 5.48. The van der Waals surface area contributed by atoms with Crippen molar-refractivity contribution in [2.75, 3.05) is 38.0 Å². The standard InChI is InChI=1S/C15H19N3O3/c19-12-3-1-10(11-2-4-14(21)17-15(11)12)13(20)9-18-7-5-16-6-8-18/h1,3,16,19H,2,4-9H2,(H,17,21). The van der Waals surface area contributed by atoms with Gasteiger partial charge in [-0.2, -0.15) is 0 Å². The van der Waals surface area contributed by atoms with Gasteiger partial charge in [-0.15, -0.1) is 0 Å². The Labute approximate surface area is 123 Å². The Morgan fingerprint density at radius 2 is 2.00 bits per heavy atom. The molecule has 0 radical (unpaired) electrons. The third kappa shape index (κ3) is 2.91. The molecule has 1 aromatic carbocycles. The summed E-state index contributed by atoms with van der Waals surface area (Å²) in [4.78, 5) is 26.1. The van der Waals surface area contributed by atoms with Gasteiger partial charge < -0.3 is 15.7 Å². The van der Waals surface area contributed by atoms with E-state index in [1.165, 1.54) is 6.07 Å². The van der Waals surface area contributed by atoms with Crippen molar-refractivity contribution in [3.8, 4) is 5.75 Å². The molecule has 2 aliphatic heterocycles. The lowest BCUT2D eigenvalue weighted by Crippen LogP contribution is -2.45. The molecule has 0 aromatic heterocycles. The summed E-state index contributed by atoms with van der Waals surface area (Å²) in [6.07, 6.45) is 0.850. The molecule has 0 atom stereocenters. The molecule has 3 N–H and O–H groups in total. The van der Waals surface area contributed by atoms with Gasteiger partial charge in [-0.25, -0.2) is 0 Å². The Balaban J connectivity index is 1.83. The van der Waals surface area contributed by atoms with Crippen LogP contribution in [-0.2, 0) is 11.2 Å². The van der Waals surface area contributed by atoms with Gasteiger partial charge in [0, 0.05) is 38.2 Å². The molecule has 1 saturated heterocycles. The number of hydrogen-bond donors (Lipinski definition) is 3. The fraction of sp³-hybridized carbons (Fsp3) is 0.467. The van der Waals surface area contributed by atoms with Crippen molar-refractivity contribution in [2.24, 2.45) is 0 Å². The predicted octanol–water partition coefficient (Wildman–Crippen LogP) is 0.365. The van der Waals surface area contributed by atoms with Gasteiger partial charge in [-0.3, -0.25) is 14.5 Å². The molecule has 3 rings (SSSR count). The van der Waals surface area contributed by atoms with E-state index in [1.54, 1.807) is 6.07 Å². The Bertz CT molecular complexity index is 580. The minimum atomic E-state index is -0.121. The number of ketones is 1. The van der Waals surface area contributed by atoms with Crippen molar-refractivity contribution in [2.45, 2.75) is 12.8 Å². The number of aromatic hydroxyl groups is 1. The van der Waals surface area contributed by atoms with E-state index in [0.717, 1.165) is 31.7 Å². The molecule has 0 saturated carbocycles. The second-order valence-electron chi connectivity index (χ2n) is 5.48. The van der Waals surface area contributed by atoms with E-state index in [4.69, 9.17) is 0 Å². The van der Waals surface area contributed by atoms with Crippen molar-refractivity contribution in [3.63, 3.8) is 0 Å². The zero-order valence-corrected chi connectivity index (χ0v) is 11.8. The van der Waals surface area contributed by atoms with Crippen LogP contribution in [0.25, 0.3) is 0 Å². The first-order valence-electron chi connectivity index (χ1n) is 7.26. The number of fused-ring (bicyclic) bond motifs is 1. The molecule has 6 heteroatoms. The van der Waals surface area contributed by atoms with Crippen LogP contribution in [0.4, 0.5) is 5.69 Å². The Morgan fingerprint density at radius 1 is 1.24 bits per heavy atom. The number of anilines is 1. The summed E-state index contributed by atoms with van der Waals surface area (Å²) in [6, 6.07) is 3.14. The summed E-state index contributed by atoms with van der Waals surface area (Å²) in [5, 5.41) is 15.8. The molecule has 0 bridgehead atoms. The molecule has 112 valence electrons. The molecule has 0 spiro atoms. The van der Waals surface area contributed by atoms with Gasteiger partial charge in [0.25, 0.3) is 0 Å². The van der Waals surface area contributed by atoms with E-state index in [0.29, 0.717) is 30.6 Å². The number of rotatable bonds is 3. The highest BCUT2D eigenvalue weighted by atomic mass is 16.3. The number of nitrogens with zero attached hydrogens (tertiary/aromatic N) is 1. The van der Waals surface area contributed by atoms with E-state index < -0.39 is 0 Å². The van der Waals surface area contributed by atoms with Crippen LogP contribution in [0.2, 0.25) is 0 Å². The molecule has 1 aromatic rings. The third-order valence-corrected chi connectivity index (χ3v) is 4.03. The van der Waals surface area contributed by atoms with Crippen molar-refractivity contribution >= 4 is 17.4 Å². The van der Waals surface area contributed by atoms with Crippen LogP contribution >= 0.6 is 0 Å². The number of piperazine rings is 1. The van der Waals surface area contributed by atoms with Crippen molar-refractivity contribution in [1.82, 2.24) is 10.2 Å². The van der Waals surface area contributed by atoms with E-state index in [1.807, 2.05) is 0 Å². The van der Waals surface area contributed by atoms with Crippen molar-refractivity contribution in [1.29, 1.82) is 0 Å². The molecular formula is C15H19N3O3. The fourth-order valence-corrected chi connectivity index (χ4v) is 2.89. The first kappa shape index (κ1) is 14.0. The number of benzene rings is 1. The summed E-state index contributed by atoms with van der Waals surface area (Å²) in [6.45, 7) is 3.91. The zero-order chi connectivity index (χ0) is 14.8. The quantitative estimate of drug-likeness (QED) is 0.553. The van der Waals surface area contributed by atoms with Gasteiger partial charge in [0.15, 0.2) is 5.78 Å². The van der Waals surface area contributed by atoms with E-state index >= 15 is 0 Å². The summed E-state index contributed by atoms with van der Waals surface area (Å²) < 4.78 is 0. The van der Waals surface area contributed by atoms with Crippen LogP contribution in [0.1, 0.15) is 22.3 Å². The number of phenolic OH excluding ortho intramolecular Hbond substituents is 1. The third-order valence-electron chi connectivity index (χ3n) is 4.03. The predicted molar refractivity (Wildman–Crippen MR) is 78.7 cm³/mol. The largest absolute Gasteiger partial charge is 0.506 e. The van der Waals surface area contributed by atoms with Crippen LogP contribution in [0.5, 0.6) is 5.75 Å². The van der Waals surface area contributed by atoms with E-state index in [-0.39, 0.29) is 17.4 Å². The number of nitrogens with one attached hydrogen (secondary N) is 2. The highest BCUT2D eigenvalue weighted by Crippen LogP contribution is 2.34. The number of carbonyl (C=O) groups is 2. The monoisotopic (exact) mass is 289 g/mol. The van der Waals surface area contributed by atoms with Gasteiger partial charge in [0.05, 0.1) is 12.2 Å². The van der Waals surface area contributed by atoms with Gasteiger partial charge in [0.1, 0.15) is 5.75 Å². The molecule has 0 aliphatic carbocycles. The van der Waals surface area contributed by atoms with Crippen LogP contribution < -0.4 is 10.6 Å². The number of carbonyl (C=O) groups excluding carboxylic acids is 2. The number of phenols is 1. The van der Waals surface area contributed by atoms with Crippen LogP contribution in [0.15, 0.2) is 12.1 Å². The zero-order valence-electron chi connectivity index (χ0n) is 11.8. The summed E-state index contributed by atoms with van der Waals surface area (Å²) in [5.41, 5.74) is 1.77. The number of Topliss-reactive ketones (excluding diaryl/α,β-unsaturated/α-hetero) is 1. The number of amides is 1. The lowest BCUT2D eigenvalue weighted by molar-refractivity contribution is -0.116. The van der Waals surface area contributed by atoms with E-state index in [2.05, 4.69) is 15.5 Å². The van der Waals surface area contributed by atoms with Crippen molar-refractivity contribution in [3.05, 3.63) is 23.3 Å². The molecule has 1 amide bonds. The Morgan fingerprint density at radius 3 is 2.76 bits per heavy atom. The highest BCUT2D eigenvalue weighted by molar-refractivity contribution is 6.04. The SMILES string of the molecule is O=C1CCc2c(C(=O)CN3CCNCC3)ccc(O)c2N1. The molecular weight excluding hydrogens is 270 g/mol. The Hall–Kier alpha value is -1.92. The number of hydrogen-bond acceptors (Lipinski definition) is 5. The second kappa shape index (κ2) is 5.83. The average molecular weight is 289 g/mol. The molecule has 0 unspecified atom stereocenters. The maximum Gasteiger partial charge on any atom is 0.224 e. The molecule has 21 heavy (non-hydrogen) atoms. The normalized spacial score (nSPS) is 19.0. The van der Waals surface area contributed by atoms with Crippen molar-refractivity contribution < 1.29 is 14.7 Å². The van der Waals surface area contributed by atoms with E-state index in [9.17, 15) is 14.7 Å². The molecule has 6 nitrogen and oxygen atoms in total. The van der Waals surface area contributed by atoms with Gasteiger partial charge in [0.2, 0.25) is 5.91 Å². The van der Waals surface area contributed by atoms with Gasteiger partial charge in [-0.1, -0.05) is 0 Å². The summed E-state index contributed by atoms with van der Waals surface area (Å²) >= 11 is 0. The fourth-order valence-electron chi connectivity index (χ4n) is 2.89. The Kier molecular flexibility index (Phi) is 3.90. The van der Waals surface area contributed by atoms with Crippen LogP contribution in [0.3, 0.4) is 0 Å². The van der Waals surface area contributed by atoms with Gasteiger partial charge in [-0.05, 0) is 24.1 Å². The van der Waals surface area contributed by atoms with Crippen LogP contribution in [0, 0.1) is 0 Å². The van der Waals surface area contributed by atoms with Crippen LogP contribution in [-0.4, -0.2) is 54.4 Å². The maximum atomic E-state index is 12.5. The topological polar surface area (TPSA) is 81.7 Å². The van der Waals surface area contributed by atoms with Gasteiger partial charge >= 0.3 is 0 Å². The molecule has 2 aliphatic rings. The smallest absolute Gasteiger partial charge is 0.224 e. The first-order chi connectivity index (χ1) is 10.1. The molecule has 2 heterocycles. The maximum absolute atomic E-state index is 12.5. The molecule has 1 fully saturated rings. The summed E-state index contributed by atoms with van der Waals surface area (Å²) in [7, 11) is 0. The minimum Gasteiger partial charge on any atom is -0.506 e. The average Bonchev–Trinajstić information content (AvgIpc) is 2.49.